The number of carbonyl (C=O) groups excluding carboxylic acids is 1. The quantitative estimate of drug-likeness (QED) is 0.686. The molecular formula is C20H23ClN2O4S. The van der Waals surface area contributed by atoms with Crippen LogP contribution in [0, 0.1) is 0 Å². The molecule has 0 aromatic heterocycles. The van der Waals surface area contributed by atoms with Gasteiger partial charge in [0.25, 0.3) is 15.9 Å². The summed E-state index contributed by atoms with van der Waals surface area (Å²) in [5.41, 5.74) is 1.70. The fourth-order valence-corrected chi connectivity index (χ4v) is 5.08. The maximum absolute atomic E-state index is 13.1. The van der Waals surface area contributed by atoms with Crippen LogP contribution in [-0.4, -0.2) is 45.5 Å². The first-order valence-corrected chi connectivity index (χ1v) is 11.0. The van der Waals surface area contributed by atoms with E-state index in [1.807, 2.05) is 32.0 Å². The highest BCUT2D eigenvalue weighted by molar-refractivity contribution is 7.92. The third-order valence-corrected chi connectivity index (χ3v) is 6.91. The van der Waals surface area contributed by atoms with Crippen molar-refractivity contribution in [2.24, 2.45) is 0 Å². The number of sulfonamides is 1. The molecule has 6 nitrogen and oxygen atoms in total. The number of anilines is 1. The fourth-order valence-electron chi connectivity index (χ4n) is 3.25. The zero-order valence-electron chi connectivity index (χ0n) is 15.9. The predicted molar refractivity (Wildman–Crippen MR) is 110 cm³/mol. The van der Waals surface area contributed by atoms with E-state index in [1.54, 1.807) is 11.0 Å². The molecule has 3 rings (SSSR count). The van der Waals surface area contributed by atoms with Crippen LogP contribution in [0.2, 0.25) is 5.02 Å². The average molecular weight is 423 g/mol. The molecule has 0 unspecified atom stereocenters. The molecular weight excluding hydrogens is 400 g/mol. The molecule has 150 valence electrons. The van der Waals surface area contributed by atoms with Gasteiger partial charge in [-0.1, -0.05) is 29.8 Å². The molecule has 0 aliphatic carbocycles. The standard InChI is InChI=1S/C20H23ClN2O4S/c1-3-22(4-2)20(24)14-27-19-10-9-16(13-17(19)21)28(25,26)23-12-11-15-7-5-6-8-18(15)23/h5-10,13H,3-4,11-12,14H2,1-2H3. The minimum absolute atomic E-state index is 0.0941. The first kappa shape index (κ1) is 20.5. The van der Waals surface area contributed by atoms with Crippen LogP contribution >= 0.6 is 11.6 Å². The molecule has 0 spiro atoms. The summed E-state index contributed by atoms with van der Waals surface area (Å²) in [6.07, 6.45) is 0.678. The summed E-state index contributed by atoms with van der Waals surface area (Å²) in [6, 6.07) is 11.8. The van der Waals surface area contributed by atoms with E-state index in [0.717, 1.165) is 5.56 Å². The summed E-state index contributed by atoms with van der Waals surface area (Å²) in [5, 5.41) is 0.154. The largest absolute Gasteiger partial charge is 0.482 e. The summed E-state index contributed by atoms with van der Waals surface area (Å²) >= 11 is 6.24. The van der Waals surface area contributed by atoms with Gasteiger partial charge in [-0.15, -0.1) is 0 Å². The molecule has 0 saturated carbocycles. The molecule has 1 amide bonds. The van der Waals surface area contributed by atoms with Crippen molar-refractivity contribution in [2.45, 2.75) is 25.2 Å². The van der Waals surface area contributed by atoms with Crippen molar-refractivity contribution in [1.82, 2.24) is 4.90 Å². The number of nitrogens with zero attached hydrogens (tertiary/aromatic N) is 2. The van der Waals surface area contributed by atoms with Gasteiger partial charge in [0, 0.05) is 19.6 Å². The zero-order valence-corrected chi connectivity index (χ0v) is 17.5. The van der Waals surface area contributed by atoms with Crippen molar-refractivity contribution in [3.8, 4) is 5.75 Å². The van der Waals surface area contributed by atoms with Crippen molar-refractivity contribution in [3.05, 3.63) is 53.1 Å². The highest BCUT2D eigenvalue weighted by Crippen LogP contribution is 2.35. The Morgan fingerprint density at radius 2 is 1.89 bits per heavy atom. The lowest BCUT2D eigenvalue weighted by Gasteiger charge is -2.21. The number of para-hydroxylation sites is 1. The SMILES string of the molecule is CCN(CC)C(=O)COc1ccc(S(=O)(=O)N2CCc3ccccc32)cc1Cl. The number of ether oxygens (including phenoxy) is 1. The Labute approximate surface area is 170 Å². The number of halogens is 1. The number of likely N-dealkylation sites (N-methyl/N-ethyl adjacent to an activating group) is 1. The highest BCUT2D eigenvalue weighted by Gasteiger charge is 2.31. The van der Waals surface area contributed by atoms with E-state index >= 15 is 0 Å². The Morgan fingerprint density at radius 3 is 2.57 bits per heavy atom. The second-order valence-electron chi connectivity index (χ2n) is 6.40. The third-order valence-electron chi connectivity index (χ3n) is 4.80. The van der Waals surface area contributed by atoms with E-state index in [2.05, 4.69) is 0 Å². The zero-order chi connectivity index (χ0) is 20.3. The summed E-state index contributed by atoms with van der Waals surface area (Å²) in [5.74, 6) is 0.134. The molecule has 1 aliphatic heterocycles. The smallest absolute Gasteiger partial charge is 0.264 e. The summed E-state index contributed by atoms with van der Waals surface area (Å²) in [7, 11) is -3.73. The number of hydrogen-bond acceptors (Lipinski definition) is 4. The van der Waals surface area contributed by atoms with Crippen molar-refractivity contribution in [2.75, 3.05) is 30.5 Å². The lowest BCUT2D eigenvalue weighted by molar-refractivity contribution is -0.132. The minimum Gasteiger partial charge on any atom is -0.482 e. The Morgan fingerprint density at radius 1 is 1.18 bits per heavy atom. The lowest BCUT2D eigenvalue weighted by Crippen LogP contribution is -2.34. The Balaban J connectivity index is 1.78. The second kappa shape index (κ2) is 8.41. The molecule has 2 aromatic carbocycles. The van der Waals surface area contributed by atoms with Gasteiger partial charge in [0.1, 0.15) is 5.75 Å². The van der Waals surface area contributed by atoms with E-state index in [0.29, 0.717) is 31.7 Å². The molecule has 28 heavy (non-hydrogen) atoms. The first-order valence-electron chi connectivity index (χ1n) is 9.19. The van der Waals surface area contributed by atoms with Crippen LogP contribution in [0.5, 0.6) is 5.75 Å². The molecule has 2 aromatic rings. The molecule has 0 fully saturated rings. The first-order chi connectivity index (χ1) is 13.4. The van der Waals surface area contributed by atoms with E-state index in [-0.39, 0.29) is 28.2 Å². The summed E-state index contributed by atoms with van der Waals surface area (Å²) < 4.78 is 33.0. The second-order valence-corrected chi connectivity index (χ2v) is 8.67. The van der Waals surface area contributed by atoms with Crippen LogP contribution in [0.25, 0.3) is 0 Å². The van der Waals surface area contributed by atoms with Crippen molar-refractivity contribution in [1.29, 1.82) is 0 Å². The van der Waals surface area contributed by atoms with Gasteiger partial charge in [0.2, 0.25) is 0 Å². The van der Waals surface area contributed by atoms with Crippen molar-refractivity contribution in [3.63, 3.8) is 0 Å². The number of hydrogen-bond donors (Lipinski definition) is 0. The molecule has 0 N–H and O–H groups in total. The van der Waals surface area contributed by atoms with Crippen molar-refractivity contribution < 1.29 is 17.9 Å². The van der Waals surface area contributed by atoms with Crippen molar-refractivity contribution >= 4 is 33.2 Å². The molecule has 0 bridgehead atoms. The maximum atomic E-state index is 13.1. The molecule has 1 heterocycles. The molecule has 0 radical (unpaired) electrons. The van der Waals surface area contributed by atoms with Crippen LogP contribution in [0.4, 0.5) is 5.69 Å². The Kier molecular flexibility index (Phi) is 6.15. The van der Waals surface area contributed by atoms with Crippen LogP contribution in [-0.2, 0) is 21.2 Å². The number of benzene rings is 2. The van der Waals surface area contributed by atoms with E-state index in [4.69, 9.17) is 16.3 Å². The molecule has 0 saturated heterocycles. The van der Waals surface area contributed by atoms with Gasteiger partial charge in [-0.05, 0) is 50.1 Å². The maximum Gasteiger partial charge on any atom is 0.264 e. The van der Waals surface area contributed by atoms with Gasteiger partial charge in [0.05, 0.1) is 15.6 Å². The van der Waals surface area contributed by atoms with Crippen LogP contribution in [0.1, 0.15) is 19.4 Å². The van der Waals surface area contributed by atoms with Crippen LogP contribution in [0.15, 0.2) is 47.4 Å². The van der Waals surface area contributed by atoms with E-state index < -0.39 is 10.0 Å². The molecule has 1 aliphatic rings. The number of rotatable bonds is 7. The van der Waals surface area contributed by atoms with Crippen LogP contribution in [0.3, 0.4) is 0 Å². The minimum atomic E-state index is -3.73. The summed E-state index contributed by atoms with van der Waals surface area (Å²) in [6.45, 7) is 5.24. The van der Waals surface area contributed by atoms with Crippen LogP contribution < -0.4 is 9.04 Å². The Bertz CT molecular complexity index is 974. The molecule has 8 heteroatoms. The number of carbonyl (C=O) groups is 1. The molecule has 0 atom stereocenters. The van der Waals surface area contributed by atoms with E-state index in [9.17, 15) is 13.2 Å². The fraction of sp³-hybridized carbons (Fsp3) is 0.350. The van der Waals surface area contributed by atoms with Gasteiger partial charge >= 0.3 is 0 Å². The normalized spacial score (nSPS) is 13.3. The number of amides is 1. The third kappa shape index (κ3) is 3.95. The summed E-state index contributed by atoms with van der Waals surface area (Å²) in [4.78, 5) is 13.8. The monoisotopic (exact) mass is 422 g/mol. The average Bonchev–Trinajstić information content (AvgIpc) is 3.13. The highest BCUT2D eigenvalue weighted by atomic mass is 35.5. The van der Waals surface area contributed by atoms with E-state index in [1.165, 1.54) is 22.5 Å². The van der Waals surface area contributed by atoms with Gasteiger partial charge < -0.3 is 9.64 Å². The number of fused-ring (bicyclic) bond motifs is 1. The topological polar surface area (TPSA) is 66.9 Å². The van der Waals surface area contributed by atoms with Gasteiger partial charge in [-0.3, -0.25) is 9.10 Å². The Hall–Kier alpha value is -2.25. The van der Waals surface area contributed by atoms with Gasteiger partial charge in [-0.2, -0.15) is 0 Å². The lowest BCUT2D eigenvalue weighted by atomic mass is 10.2. The van der Waals surface area contributed by atoms with Gasteiger partial charge in [0.15, 0.2) is 6.61 Å². The predicted octanol–water partition coefficient (Wildman–Crippen LogP) is 3.34. The van der Waals surface area contributed by atoms with Gasteiger partial charge in [-0.25, -0.2) is 8.42 Å².